The van der Waals surface area contributed by atoms with Crippen LogP contribution in [-0.2, 0) is 16.1 Å². The smallest absolute Gasteiger partial charge is 0.352 e. The maximum absolute atomic E-state index is 12.6. The summed E-state index contributed by atoms with van der Waals surface area (Å²) in [4.78, 5) is 26.1. The number of carboxylic acid groups (broad SMARTS) is 1. The van der Waals surface area contributed by atoms with Crippen LogP contribution in [0, 0.1) is 5.92 Å². The van der Waals surface area contributed by atoms with Crippen molar-refractivity contribution in [2.24, 2.45) is 5.92 Å². The Hall–Kier alpha value is -3.71. The maximum Gasteiger partial charge on any atom is 0.352 e. The molecule has 3 heterocycles. The minimum atomic E-state index is -1.12. The average molecular weight is 430 g/mol. The van der Waals surface area contributed by atoms with Gasteiger partial charge in [-0.1, -0.05) is 24.3 Å². The lowest BCUT2D eigenvalue weighted by Gasteiger charge is -2.44. The molecule has 2 aliphatic rings. The van der Waals surface area contributed by atoms with Crippen molar-refractivity contribution < 1.29 is 24.4 Å². The van der Waals surface area contributed by atoms with Crippen molar-refractivity contribution in [2.45, 2.75) is 32.0 Å². The third-order valence-electron chi connectivity index (χ3n) is 6.50. The number of β-lactam (4-membered cyclic amide) rings is 1. The van der Waals surface area contributed by atoms with Gasteiger partial charge in [0.25, 0.3) is 0 Å². The number of nitrogens with two attached hydrogens (primary N) is 1. The Balaban J connectivity index is 1.62. The van der Waals surface area contributed by atoms with Gasteiger partial charge in [0.1, 0.15) is 5.70 Å². The number of fused-ring (bicyclic) bond motifs is 2. The van der Waals surface area contributed by atoms with Crippen LogP contribution in [0.3, 0.4) is 0 Å². The molecule has 1 fully saturated rings. The number of aliphatic carboxylic acids is 1. The van der Waals surface area contributed by atoms with E-state index in [1.807, 2.05) is 65.5 Å². The first-order valence-corrected chi connectivity index (χ1v) is 10.6. The zero-order valence-electron chi connectivity index (χ0n) is 17.6. The number of pyridine rings is 1. The number of carbonyl (C=O) groups is 2. The Labute approximate surface area is 185 Å². The first-order chi connectivity index (χ1) is 15.3. The van der Waals surface area contributed by atoms with Crippen LogP contribution < -0.4 is 10.3 Å². The molecule has 1 saturated heterocycles. The molecule has 0 saturated carbocycles. The molecule has 0 unspecified atom stereocenters. The third-order valence-corrected chi connectivity index (χ3v) is 6.50. The highest BCUT2D eigenvalue weighted by Gasteiger charge is 2.56. The van der Waals surface area contributed by atoms with Gasteiger partial charge in [0.2, 0.25) is 5.91 Å². The van der Waals surface area contributed by atoms with Crippen molar-refractivity contribution in [3.8, 4) is 0 Å². The number of aromatic nitrogens is 1. The highest BCUT2D eigenvalue weighted by molar-refractivity contribution is 6.06. The number of hydrogen-bond acceptors (Lipinski definition) is 4. The van der Waals surface area contributed by atoms with Gasteiger partial charge in [0.05, 0.1) is 18.1 Å². The summed E-state index contributed by atoms with van der Waals surface area (Å²) < 4.78 is 2.02. The van der Waals surface area contributed by atoms with Crippen molar-refractivity contribution in [1.29, 1.82) is 0 Å². The minimum Gasteiger partial charge on any atom is -0.477 e. The minimum absolute atomic E-state index is 0.0262. The Morgan fingerprint density at radius 3 is 2.62 bits per heavy atom. The summed E-state index contributed by atoms with van der Waals surface area (Å²) in [6.45, 7) is 2.17. The van der Waals surface area contributed by atoms with Crippen LogP contribution in [0.2, 0.25) is 0 Å². The Bertz CT molecular complexity index is 1280. The Kier molecular flexibility index (Phi) is 4.71. The summed E-state index contributed by atoms with van der Waals surface area (Å²) in [7, 11) is 0. The molecule has 7 heteroatoms. The maximum atomic E-state index is 12.6. The molecule has 4 N–H and O–H groups in total. The predicted octanol–water partition coefficient (Wildman–Crippen LogP) is 2.16. The number of amides is 1. The van der Waals surface area contributed by atoms with Crippen molar-refractivity contribution >= 4 is 33.9 Å². The molecular formula is C25H24N3O4+. The normalized spacial score (nSPS) is 20.9. The van der Waals surface area contributed by atoms with E-state index in [4.69, 9.17) is 5.73 Å². The summed E-state index contributed by atoms with van der Waals surface area (Å²) in [6.07, 6.45) is 3.42. The van der Waals surface area contributed by atoms with Gasteiger partial charge < -0.3 is 20.8 Å². The first-order valence-electron chi connectivity index (χ1n) is 10.6. The SMILES string of the molecule is C[C@@H](O)[C@H]1C(=O)N2C(C(=O)O)=C(c3cc(C[n+]4ccc(N)cc4)c4ccccc4c3)C[C@H]12. The third kappa shape index (κ3) is 3.13. The number of carbonyl (C=O) groups excluding carboxylic acids is 1. The standard InChI is InChI=1S/C25H23N3O4/c1-14(29)22-21-12-20(23(25(31)32)28(21)24(22)30)16-10-15-4-2-3-5-19(15)17(11-16)13-27-8-6-18(26)7-9-27/h2-11,14,21-22,26,29H,12-13H2,1H3,(H,31,32)/p+1/t14-,21-,22-/m1/s1. The number of benzene rings is 2. The van der Waals surface area contributed by atoms with Crippen molar-refractivity contribution in [3.63, 3.8) is 0 Å². The van der Waals surface area contributed by atoms with E-state index in [1.165, 1.54) is 4.90 Å². The molecule has 1 amide bonds. The monoisotopic (exact) mass is 430 g/mol. The van der Waals surface area contributed by atoms with Gasteiger partial charge in [0, 0.05) is 23.4 Å². The number of rotatable bonds is 5. The molecule has 0 bridgehead atoms. The van der Waals surface area contributed by atoms with E-state index in [9.17, 15) is 19.8 Å². The number of nitrogen functional groups attached to an aromatic ring is 1. The van der Waals surface area contributed by atoms with Gasteiger partial charge >= 0.3 is 5.97 Å². The Morgan fingerprint density at radius 2 is 1.94 bits per heavy atom. The van der Waals surface area contributed by atoms with Gasteiger partial charge in [-0.2, -0.15) is 0 Å². The van der Waals surface area contributed by atoms with E-state index in [1.54, 1.807) is 6.92 Å². The highest BCUT2D eigenvalue weighted by atomic mass is 16.4. The molecule has 3 atom stereocenters. The van der Waals surface area contributed by atoms with E-state index in [0.717, 1.165) is 21.9 Å². The predicted molar refractivity (Wildman–Crippen MR) is 119 cm³/mol. The molecule has 5 rings (SSSR count). The summed E-state index contributed by atoms with van der Waals surface area (Å²) in [5, 5.41) is 22.0. The molecule has 0 spiro atoms. The van der Waals surface area contributed by atoms with Gasteiger partial charge in [-0.15, -0.1) is 0 Å². The molecule has 1 aromatic heterocycles. The van der Waals surface area contributed by atoms with Crippen LogP contribution in [-0.4, -0.2) is 39.1 Å². The molecule has 0 radical (unpaired) electrons. The summed E-state index contributed by atoms with van der Waals surface area (Å²) in [5.74, 6) is -2.01. The van der Waals surface area contributed by atoms with Crippen molar-refractivity contribution in [2.75, 3.05) is 5.73 Å². The molecule has 2 aliphatic heterocycles. The molecule has 3 aromatic rings. The second kappa shape index (κ2) is 7.46. The van der Waals surface area contributed by atoms with Gasteiger partial charge in [-0.25, -0.2) is 9.36 Å². The van der Waals surface area contributed by atoms with Crippen LogP contribution in [0.5, 0.6) is 0 Å². The second-order valence-electron chi connectivity index (χ2n) is 8.54. The number of anilines is 1. The molecule has 0 aliphatic carbocycles. The number of carboxylic acids is 1. The fourth-order valence-electron chi connectivity index (χ4n) is 4.99. The molecule has 2 aromatic carbocycles. The lowest BCUT2D eigenvalue weighted by Crippen LogP contribution is -2.61. The van der Waals surface area contributed by atoms with Crippen LogP contribution >= 0.6 is 0 Å². The fourth-order valence-corrected chi connectivity index (χ4v) is 4.99. The quantitative estimate of drug-likeness (QED) is 0.425. The van der Waals surface area contributed by atoms with E-state index in [2.05, 4.69) is 0 Å². The summed E-state index contributed by atoms with van der Waals surface area (Å²) in [5.41, 5.74) is 8.98. The van der Waals surface area contributed by atoms with Gasteiger partial charge in [-0.3, -0.25) is 4.79 Å². The number of nitrogens with zero attached hydrogens (tertiary/aromatic N) is 2. The van der Waals surface area contributed by atoms with E-state index < -0.39 is 18.0 Å². The van der Waals surface area contributed by atoms with Crippen molar-refractivity contribution in [1.82, 2.24) is 4.90 Å². The fraction of sp³-hybridized carbons (Fsp3) is 0.240. The van der Waals surface area contributed by atoms with Crippen molar-refractivity contribution in [3.05, 3.63) is 77.7 Å². The van der Waals surface area contributed by atoms with Gasteiger partial charge in [0.15, 0.2) is 18.9 Å². The van der Waals surface area contributed by atoms with Crippen LogP contribution in [0.25, 0.3) is 16.3 Å². The number of aliphatic hydroxyl groups is 1. The lowest BCUT2D eigenvalue weighted by atomic mass is 9.82. The number of hydrogen-bond donors (Lipinski definition) is 3. The molecule has 162 valence electrons. The summed E-state index contributed by atoms with van der Waals surface area (Å²) >= 11 is 0. The zero-order valence-corrected chi connectivity index (χ0v) is 17.6. The highest BCUT2D eigenvalue weighted by Crippen LogP contribution is 2.47. The van der Waals surface area contributed by atoms with Gasteiger partial charge in [-0.05, 0) is 47.4 Å². The topological polar surface area (TPSA) is 108 Å². The van der Waals surface area contributed by atoms with Crippen LogP contribution in [0.15, 0.2) is 66.6 Å². The largest absolute Gasteiger partial charge is 0.477 e. The second-order valence-corrected chi connectivity index (χ2v) is 8.54. The molecular weight excluding hydrogens is 406 g/mol. The van der Waals surface area contributed by atoms with Crippen LogP contribution in [0.1, 0.15) is 24.5 Å². The lowest BCUT2D eigenvalue weighted by molar-refractivity contribution is -0.688. The first kappa shape index (κ1) is 20.2. The molecule has 7 nitrogen and oxygen atoms in total. The molecule has 32 heavy (non-hydrogen) atoms. The number of aliphatic hydroxyl groups excluding tert-OH is 1. The average Bonchev–Trinajstić information content (AvgIpc) is 3.10. The van der Waals surface area contributed by atoms with E-state index >= 15 is 0 Å². The van der Waals surface area contributed by atoms with E-state index in [-0.39, 0.29) is 17.6 Å². The van der Waals surface area contributed by atoms with Crippen LogP contribution in [0.4, 0.5) is 5.69 Å². The summed E-state index contributed by atoms with van der Waals surface area (Å²) in [6, 6.07) is 15.3. The zero-order chi connectivity index (χ0) is 22.6. The van der Waals surface area contributed by atoms with E-state index in [0.29, 0.717) is 24.2 Å². The Morgan fingerprint density at radius 1 is 1.22 bits per heavy atom.